The second-order valence-corrected chi connectivity index (χ2v) is 9.12. The van der Waals surface area contributed by atoms with E-state index >= 15 is 0 Å². The van der Waals surface area contributed by atoms with Crippen molar-refractivity contribution in [3.8, 4) is 0 Å². The molecule has 27 heavy (non-hydrogen) atoms. The number of para-hydroxylation sites is 1. The van der Waals surface area contributed by atoms with Crippen molar-refractivity contribution in [3.63, 3.8) is 0 Å². The van der Waals surface area contributed by atoms with E-state index in [9.17, 15) is 10.2 Å². The van der Waals surface area contributed by atoms with Gasteiger partial charge in [0.05, 0.1) is 12.1 Å². The van der Waals surface area contributed by atoms with Gasteiger partial charge in [0.1, 0.15) is 6.23 Å². The Balaban J connectivity index is 0.000000504. The molecule has 148 valence electrons. The molecular weight excluding hydrogens is 340 g/mol. The summed E-state index contributed by atoms with van der Waals surface area (Å²) in [6.45, 7) is 4.12. The molecule has 0 aromatic heterocycles. The number of benzene rings is 1. The Labute approximate surface area is 161 Å². The first-order valence-corrected chi connectivity index (χ1v) is 10.6. The van der Waals surface area contributed by atoms with Crippen molar-refractivity contribution < 1.29 is 15.3 Å². The Hall–Kier alpha value is -1.14. The zero-order chi connectivity index (χ0) is 19.1. The number of fused-ring (bicyclic) bond motifs is 2. The predicted molar refractivity (Wildman–Crippen MR) is 104 cm³/mol. The minimum atomic E-state index is -0.319. The van der Waals surface area contributed by atoms with Gasteiger partial charge in [-0.3, -0.25) is 4.90 Å². The molecule has 1 saturated carbocycles. The molecule has 5 fully saturated rings. The molecule has 1 aliphatic carbocycles. The van der Waals surface area contributed by atoms with E-state index < -0.39 is 0 Å². The van der Waals surface area contributed by atoms with Crippen molar-refractivity contribution in [2.75, 3.05) is 18.6 Å². The van der Waals surface area contributed by atoms with E-state index in [1.165, 1.54) is 11.3 Å². The molecule has 7 rings (SSSR count). The van der Waals surface area contributed by atoms with E-state index in [4.69, 9.17) is 5.11 Å². The highest BCUT2D eigenvalue weighted by Crippen LogP contribution is 2.68. The fourth-order valence-electron chi connectivity index (χ4n) is 7.88. The third-order valence-electron chi connectivity index (χ3n) is 8.46. The molecule has 10 atom stereocenters. The first kappa shape index (κ1) is 17.9. The van der Waals surface area contributed by atoms with Gasteiger partial charge < -0.3 is 20.2 Å². The molecule has 5 heterocycles. The fraction of sp³-hybridized carbons (Fsp3) is 0.727. The summed E-state index contributed by atoms with van der Waals surface area (Å²) in [6.07, 6.45) is 2.56. The Morgan fingerprint density at radius 2 is 1.85 bits per heavy atom. The molecule has 0 amide bonds. The van der Waals surface area contributed by atoms with Crippen molar-refractivity contribution in [2.45, 2.75) is 69.0 Å². The molecule has 5 bridgehead atoms. The molecular formula is C22H32N2O3. The van der Waals surface area contributed by atoms with Crippen LogP contribution in [-0.4, -0.2) is 64.3 Å². The lowest BCUT2D eigenvalue weighted by molar-refractivity contribution is -0.211. The smallest absolute Gasteiger partial charge is 0.111 e. The molecule has 5 aliphatic heterocycles. The summed E-state index contributed by atoms with van der Waals surface area (Å²) in [5.74, 6) is 1.14. The van der Waals surface area contributed by atoms with Crippen LogP contribution in [0.5, 0.6) is 0 Å². The molecule has 3 N–H and O–H groups in total. The summed E-state index contributed by atoms with van der Waals surface area (Å²) in [6, 6.07) is 9.70. The first-order valence-electron chi connectivity index (χ1n) is 10.6. The highest BCUT2D eigenvalue weighted by Gasteiger charge is 2.76. The van der Waals surface area contributed by atoms with Crippen LogP contribution in [0.2, 0.25) is 0 Å². The third kappa shape index (κ3) is 1.89. The standard InChI is InChI=1S/C20H26N2O2.C2H6O/c1-3-10-11-8-14-17-20(12-6-4-5-7-13(12)21(17)2)9-15(16(11)18(20)23)22(14)19(10)24;1-2-3/h4-7,10-11,14-19,23-24H,3,8-9H2,1-2H3;3H,2H2,1H3. The van der Waals surface area contributed by atoms with E-state index in [1.807, 2.05) is 0 Å². The minimum absolute atomic E-state index is 0.126. The number of nitrogens with zero attached hydrogens (tertiary/aromatic N) is 2. The number of aliphatic hydroxyl groups is 3. The number of piperidine rings is 4. The summed E-state index contributed by atoms with van der Waals surface area (Å²) in [5.41, 5.74) is 2.51. The van der Waals surface area contributed by atoms with Crippen LogP contribution in [0.1, 0.15) is 38.7 Å². The van der Waals surface area contributed by atoms with E-state index in [0.29, 0.717) is 35.9 Å². The lowest BCUT2D eigenvalue weighted by Gasteiger charge is -2.62. The SMILES string of the molecule is CCC1C2CC3C4N(C)c5ccccc5C45CC(C2C5O)N3C1O.CCO. The molecule has 5 nitrogen and oxygen atoms in total. The van der Waals surface area contributed by atoms with Crippen LogP contribution in [0, 0.1) is 17.8 Å². The summed E-state index contributed by atoms with van der Waals surface area (Å²) in [5, 5.41) is 30.2. The van der Waals surface area contributed by atoms with Gasteiger partial charge in [0.25, 0.3) is 0 Å². The Kier molecular flexibility index (Phi) is 3.94. The lowest BCUT2D eigenvalue weighted by atomic mass is 9.62. The van der Waals surface area contributed by atoms with Gasteiger partial charge in [0.15, 0.2) is 0 Å². The largest absolute Gasteiger partial charge is 0.397 e. The van der Waals surface area contributed by atoms with E-state index in [2.05, 4.69) is 48.0 Å². The average molecular weight is 373 g/mol. The minimum Gasteiger partial charge on any atom is -0.397 e. The van der Waals surface area contributed by atoms with Crippen molar-refractivity contribution in [2.24, 2.45) is 17.8 Å². The van der Waals surface area contributed by atoms with Crippen molar-refractivity contribution in [1.29, 1.82) is 0 Å². The molecule has 6 aliphatic rings. The topological polar surface area (TPSA) is 67.2 Å². The van der Waals surface area contributed by atoms with Gasteiger partial charge in [-0.25, -0.2) is 0 Å². The van der Waals surface area contributed by atoms with Crippen LogP contribution in [0.15, 0.2) is 24.3 Å². The molecule has 0 radical (unpaired) electrons. The summed E-state index contributed by atoms with van der Waals surface area (Å²) in [4.78, 5) is 4.83. The van der Waals surface area contributed by atoms with Crippen molar-refractivity contribution in [1.82, 2.24) is 4.90 Å². The fourth-order valence-corrected chi connectivity index (χ4v) is 7.88. The van der Waals surface area contributed by atoms with Crippen LogP contribution in [0.4, 0.5) is 5.69 Å². The second-order valence-electron chi connectivity index (χ2n) is 9.12. The quantitative estimate of drug-likeness (QED) is 0.698. The maximum atomic E-state index is 11.6. The van der Waals surface area contributed by atoms with Gasteiger partial charge in [-0.05, 0) is 43.7 Å². The number of hydrogen-bond acceptors (Lipinski definition) is 5. The summed E-state index contributed by atoms with van der Waals surface area (Å²) in [7, 11) is 2.19. The summed E-state index contributed by atoms with van der Waals surface area (Å²) >= 11 is 0. The first-order chi connectivity index (χ1) is 13.0. The van der Waals surface area contributed by atoms with Crippen molar-refractivity contribution in [3.05, 3.63) is 29.8 Å². The molecule has 1 spiro atoms. The lowest BCUT2D eigenvalue weighted by Crippen LogP contribution is -2.72. The zero-order valence-corrected chi connectivity index (χ0v) is 16.5. The maximum absolute atomic E-state index is 11.6. The number of likely N-dealkylation sites (N-methyl/N-ethyl adjacent to an activating group) is 1. The monoisotopic (exact) mass is 372 g/mol. The molecule has 10 unspecified atom stereocenters. The predicted octanol–water partition coefficient (Wildman–Crippen LogP) is 1.55. The summed E-state index contributed by atoms with van der Waals surface area (Å²) < 4.78 is 0. The van der Waals surface area contributed by atoms with Crippen LogP contribution in [-0.2, 0) is 5.41 Å². The molecule has 1 aromatic carbocycles. The molecule has 5 heteroatoms. The molecule has 1 aromatic rings. The van der Waals surface area contributed by atoms with Crippen molar-refractivity contribution >= 4 is 5.69 Å². The van der Waals surface area contributed by atoms with E-state index in [-0.39, 0.29) is 24.4 Å². The normalized spacial score (nSPS) is 50.3. The van der Waals surface area contributed by atoms with Gasteiger partial charge in [-0.15, -0.1) is 0 Å². The number of rotatable bonds is 1. The Morgan fingerprint density at radius 1 is 1.15 bits per heavy atom. The maximum Gasteiger partial charge on any atom is 0.111 e. The van der Waals surface area contributed by atoms with Gasteiger partial charge in [0.2, 0.25) is 0 Å². The highest BCUT2D eigenvalue weighted by atomic mass is 16.3. The number of aliphatic hydroxyl groups excluding tert-OH is 3. The number of anilines is 1. The van der Waals surface area contributed by atoms with Crippen LogP contribution in [0.25, 0.3) is 0 Å². The van der Waals surface area contributed by atoms with E-state index in [1.54, 1.807) is 6.92 Å². The van der Waals surface area contributed by atoms with Gasteiger partial charge in [-0.1, -0.05) is 25.1 Å². The second kappa shape index (κ2) is 5.93. The van der Waals surface area contributed by atoms with Gasteiger partial charge in [-0.2, -0.15) is 0 Å². The Morgan fingerprint density at radius 3 is 2.56 bits per heavy atom. The van der Waals surface area contributed by atoms with Gasteiger partial charge >= 0.3 is 0 Å². The average Bonchev–Trinajstić information content (AvgIpc) is 3.05. The van der Waals surface area contributed by atoms with Crippen LogP contribution >= 0.6 is 0 Å². The van der Waals surface area contributed by atoms with Gasteiger partial charge in [0, 0.05) is 48.7 Å². The third-order valence-corrected chi connectivity index (χ3v) is 8.46. The van der Waals surface area contributed by atoms with Crippen LogP contribution < -0.4 is 4.90 Å². The molecule has 4 saturated heterocycles. The van der Waals surface area contributed by atoms with E-state index in [0.717, 1.165) is 19.3 Å². The van der Waals surface area contributed by atoms with Crippen LogP contribution in [0.3, 0.4) is 0 Å². The zero-order valence-electron chi connectivity index (χ0n) is 16.5. The number of hydrogen-bond donors (Lipinski definition) is 3. The highest BCUT2D eigenvalue weighted by molar-refractivity contribution is 5.67. The Bertz CT molecular complexity index is 742.